The minimum atomic E-state index is -0.554. The van der Waals surface area contributed by atoms with Gasteiger partial charge in [-0.2, -0.15) is 0 Å². The van der Waals surface area contributed by atoms with Crippen LogP contribution in [-0.4, -0.2) is 24.2 Å². The number of aliphatic hydroxyl groups excluding tert-OH is 1. The van der Waals surface area contributed by atoms with Gasteiger partial charge < -0.3 is 10.4 Å². The summed E-state index contributed by atoms with van der Waals surface area (Å²) >= 11 is 0. The summed E-state index contributed by atoms with van der Waals surface area (Å²) in [5.74, 6) is 4.01. The van der Waals surface area contributed by atoms with Gasteiger partial charge in [0.25, 0.3) is 5.91 Å². The van der Waals surface area contributed by atoms with E-state index in [1.165, 1.54) is 12.1 Å². The van der Waals surface area contributed by atoms with E-state index in [-0.39, 0.29) is 23.6 Å². The summed E-state index contributed by atoms with van der Waals surface area (Å²) in [5, 5.41) is 11.3. The molecule has 1 rings (SSSR count). The first kappa shape index (κ1) is 15.2. The Hall–Kier alpha value is -1.86. The van der Waals surface area contributed by atoms with E-state index in [4.69, 9.17) is 5.11 Å². The van der Waals surface area contributed by atoms with Crippen molar-refractivity contribution >= 4 is 5.91 Å². The molecule has 1 amide bonds. The van der Waals surface area contributed by atoms with Crippen LogP contribution in [-0.2, 0) is 0 Å². The molecule has 0 aliphatic carbocycles. The second kappa shape index (κ2) is 8.28. The standard InChI is InChI=1S/C15H18FNO2/c1-2-3-4-9-17-15(19)13-8-7-12(6-5-10-18)14(16)11-13/h7-8,11,18H,2-4,9-10H2,1H3,(H,17,19). The van der Waals surface area contributed by atoms with E-state index < -0.39 is 5.82 Å². The summed E-state index contributed by atoms with van der Waals surface area (Å²) in [4.78, 5) is 11.7. The molecule has 0 atom stereocenters. The lowest BCUT2D eigenvalue weighted by molar-refractivity contribution is 0.0952. The Labute approximate surface area is 112 Å². The van der Waals surface area contributed by atoms with Crippen LogP contribution in [0.2, 0.25) is 0 Å². The fraction of sp³-hybridized carbons (Fsp3) is 0.400. The lowest BCUT2D eigenvalue weighted by atomic mass is 10.1. The van der Waals surface area contributed by atoms with E-state index in [0.29, 0.717) is 6.54 Å². The van der Waals surface area contributed by atoms with Crippen LogP contribution >= 0.6 is 0 Å². The SMILES string of the molecule is CCCCCNC(=O)c1ccc(C#CCO)c(F)c1. The molecular weight excluding hydrogens is 245 g/mol. The molecule has 0 bridgehead atoms. The molecule has 0 fully saturated rings. The molecule has 0 saturated heterocycles. The summed E-state index contributed by atoms with van der Waals surface area (Å²) in [5.41, 5.74) is 0.458. The molecule has 2 N–H and O–H groups in total. The normalized spacial score (nSPS) is 9.63. The number of rotatable bonds is 5. The number of amides is 1. The minimum Gasteiger partial charge on any atom is -0.384 e. The zero-order valence-corrected chi connectivity index (χ0v) is 11.0. The van der Waals surface area contributed by atoms with Gasteiger partial charge in [-0.25, -0.2) is 4.39 Å². The molecule has 3 nitrogen and oxygen atoms in total. The fourth-order valence-electron chi connectivity index (χ4n) is 1.57. The quantitative estimate of drug-likeness (QED) is 0.631. The second-order valence-electron chi connectivity index (χ2n) is 4.12. The largest absolute Gasteiger partial charge is 0.384 e. The molecule has 0 saturated carbocycles. The molecule has 0 unspecified atom stereocenters. The number of aliphatic hydroxyl groups is 1. The first-order valence-electron chi connectivity index (χ1n) is 6.36. The van der Waals surface area contributed by atoms with Gasteiger partial charge in [0.2, 0.25) is 0 Å². The summed E-state index contributed by atoms with van der Waals surface area (Å²) in [6, 6.07) is 4.13. The topological polar surface area (TPSA) is 49.3 Å². The zero-order chi connectivity index (χ0) is 14.1. The first-order chi connectivity index (χ1) is 9.19. The highest BCUT2D eigenvalue weighted by Crippen LogP contribution is 2.09. The van der Waals surface area contributed by atoms with E-state index >= 15 is 0 Å². The van der Waals surface area contributed by atoms with Crippen molar-refractivity contribution in [1.29, 1.82) is 0 Å². The van der Waals surface area contributed by atoms with Crippen molar-refractivity contribution in [3.05, 3.63) is 35.1 Å². The van der Waals surface area contributed by atoms with Crippen molar-refractivity contribution in [3.63, 3.8) is 0 Å². The summed E-state index contributed by atoms with van der Waals surface area (Å²) in [6.07, 6.45) is 3.07. The Morgan fingerprint density at radius 3 is 2.84 bits per heavy atom. The average molecular weight is 263 g/mol. The summed E-state index contributed by atoms with van der Waals surface area (Å²) in [7, 11) is 0. The Morgan fingerprint density at radius 1 is 1.42 bits per heavy atom. The van der Waals surface area contributed by atoms with Gasteiger partial charge in [0.1, 0.15) is 12.4 Å². The minimum absolute atomic E-state index is 0.177. The predicted molar refractivity (Wildman–Crippen MR) is 72.2 cm³/mol. The molecule has 0 heterocycles. The Bertz CT molecular complexity index is 489. The lowest BCUT2D eigenvalue weighted by Crippen LogP contribution is -2.24. The van der Waals surface area contributed by atoms with Gasteiger partial charge in [-0.3, -0.25) is 4.79 Å². The van der Waals surface area contributed by atoms with Crippen molar-refractivity contribution < 1.29 is 14.3 Å². The van der Waals surface area contributed by atoms with Crippen molar-refractivity contribution in [2.75, 3.05) is 13.2 Å². The Kier molecular flexibility index (Phi) is 6.62. The molecule has 1 aromatic carbocycles. The van der Waals surface area contributed by atoms with Gasteiger partial charge in [0.15, 0.2) is 0 Å². The van der Waals surface area contributed by atoms with Gasteiger partial charge >= 0.3 is 0 Å². The van der Waals surface area contributed by atoms with Crippen LogP contribution < -0.4 is 5.32 Å². The van der Waals surface area contributed by atoms with Gasteiger partial charge in [-0.1, -0.05) is 31.6 Å². The lowest BCUT2D eigenvalue weighted by Gasteiger charge is -2.05. The van der Waals surface area contributed by atoms with E-state index in [2.05, 4.69) is 24.1 Å². The smallest absolute Gasteiger partial charge is 0.251 e. The predicted octanol–water partition coefficient (Wildman–Crippen LogP) is 2.09. The van der Waals surface area contributed by atoms with Crippen LogP contribution in [0.5, 0.6) is 0 Å². The number of hydrogen-bond donors (Lipinski definition) is 2. The third kappa shape index (κ3) is 5.11. The third-order valence-electron chi connectivity index (χ3n) is 2.60. The molecular formula is C15H18FNO2. The summed E-state index contributed by atoms with van der Waals surface area (Å²) < 4.78 is 13.6. The molecule has 0 radical (unpaired) electrons. The molecule has 0 aliphatic rings. The van der Waals surface area contributed by atoms with E-state index in [9.17, 15) is 9.18 Å². The van der Waals surface area contributed by atoms with Crippen LogP contribution in [0.25, 0.3) is 0 Å². The maximum Gasteiger partial charge on any atom is 0.251 e. The molecule has 0 aliphatic heterocycles. The first-order valence-corrected chi connectivity index (χ1v) is 6.36. The van der Waals surface area contributed by atoms with Crippen LogP contribution in [0.4, 0.5) is 4.39 Å². The van der Waals surface area contributed by atoms with Gasteiger partial charge in [-0.05, 0) is 24.6 Å². The second-order valence-corrected chi connectivity index (χ2v) is 4.12. The molecule has 19 heavy (non-hydrogen) atoms. The highest BCUT2D eigenvalue weighted by molar-refractivity contribution is 5.94. The van der Waals surface area contributed by atoms with E-state index in [0.717, 1.165) is 25.3 Å². The third-order valence-corrected chi connectivity index (χ3v) is 2.60. The monoisotopic (exact) mass is 263 g/mol. The van der Waals surface area contributed by atoms with Gasteiger partial charge in [-0.15, -0.1) is 0 Å². The molecule has 0 aromatic heterocycles. The van der Waals surface area contributed by atoms with Crippen LogP contribution in [0.15, 0.2) is 18.2 Å². The number of carbonyl (C=O) groups is 1. The van der Waals surface area contributed by atoms with Crippen LogP contribution in [0.3, 0.4) is 0 Å². The van der Waals surface area contributed by atoms with Crippen LogP contribution in [0.1, 0.15) is 42.1 Å². The van der Waals surface area contributed by atoms with Gasteiger partial charge in [0.05, 0.1) is 5.56 Å². The molecule has 102 valence electrons. The van der Waals surface area contributed by atoms with Crippen molar-refractivity contribution in [3.8, 4) is 11.8 Å². The number of benzene rings is 1. The van der Waals surface area contributed by atoms with Crippen LogP contribution in [0, 0.1) is 17.7 Å². The summed E-state index contributed by atoms with van der Waals surface area (Å²) in [6.45, 7) is 2.36. The molecule has 4 heteroatoms. The molecule has 0 spiro atoms. The van der Waals surface area contributed by atoms with Gasteiger partial charge in [0, 0.05) is 12.1 Å². The number of nitrogens with one attached hydrogen (secondary N) is 1. The van der Waals surface area contributed by atoms with E-state index in [1.807, 2.05) is 0 Å². The number of unbranched alkanes of at least 4 members (excludes halogenated alkanes) is 2. The fourth-order valence-corrected chi connectivity index (χ4v) is 1.57. The highest BCUT2D eigenvalue weighted by Gasteiger charge is 2.08. The number of halogens is 1. The number of hydrogen-bond acceptors (Lipinski definition) is 2. The maximum absolute atomic E-state index is 13.6. The highest BCUT2D eigenvalue weighted by atomic mass is 19.1. The van der Waals surface area contributed by atoms with Crippen molar-refractivity contribution in [1.82, 2.24) is 5.32 Å². The van der Waals surface area contributed by atoms with E-state index in [1.54, 1.807) is 0 Å². The zero-order valence-electron chi connectivity index (χ0n) is 11.0. The van der Waals surface area contributed by atoms with Crippen molar-refractivity contribution in [2.24, 2.45) is 0 Å². The Morgan fingerprint density at radius 2 is 2.21 bits per heavy atom. The average Bonchev–Trinajstić information content (AvgIpc) is 2.42. The number of carbonyl (C=O) groups excluding carboxylic acids is 1. The Balaban J connectivity index is 2.64. The van der Waals surface area contributed by atoms with Crippen molar-refractivity contribution in [2.45, 2.75) is 26.2 Å². The maximum atomic E-state index is 13.6. The molecule has 1 aromatic rings.